The molecule has 1 aliphatic carbocycles. The summed E-state index contributed by atoms with van der Waals surface area (Å²) in [7, 11) is 0. The molecule has 0 radical (unpaired) electrons. The third-order valence-electron chi connectivity index (χ3n) is 4.34. The van der Waals surface area contributed by atoms with Crippen molar-refractivity contribution in [2.24, 2.45) is 5.73 Å². The van der Waals surface area contributed by atoms with Gasteiger partial charge in [-0.15, -0.1) is 11.3 Å². The molecule has 3 heterocycles. The molecule has 10 heteroatoms. The van der Waals surface area contributed by atoms with Gasteiger partial charge in [-0.2, -0.15) is 0 Å². The maximum atomic E-state index is 12.6. The van der Waals surface area contributed by atoms with Gasteiger partial charge in [0.05, 0.1) is 21.4 Å². The van der Waals surface area contributed by atoms with E-state index in [1.165, 1.54) is 29.3 Å². The Labute approximate surface area is 168 Å². The zero-order chi connectivity index (χ0) is 19.1. The first-order valence-electron chi connectivity index (χ1n) is 8.35. The number of imidazole rings is 1. The highest BCUT2D eigenvalue weighted by atomic mass is 35.5. The highest BCUT2D eigenvalue weighted by Crippen LogP contribution is 2.39. The quantitative estimate of drug-likeness (QED) is 0.546. The van der Waals surface area contributed by atoms with Gasteiger partial charge in [-0.1, -0.05) is 23.4 Å². The van der Waals surface area contributed by atoms with Crippen LogP contribution in [0, 0.1) is 0 Å². The number of aromatic nitrogens is 3. The van der Waals surface area contributed by atoms with Crippen LogP contribution in [0.5, 0.6) is 0 Å². The first-order valence-corrected chi connectivity index (χ1v) is 10.4. The number of aromatic amines is 1. The van der Waals surface area contributed by atoms with Gasteiger partial charge in [-0.25, -0.2) is 9.97 Å². The molecule has 0 aliphatic heterocycles. The zero-order valence-electron chi connectivity index (χ0n) is 14.3. The van der Waals surface area contributed by atoms with Gasteiger partial charge in [-0.3, -0.25) is 9.59 Å². The number of H-pyrrole nitrogens is 1. The number of thioether (sulfide) groups is 1. The molecule has 3 aromatic heterocycles. The topological polar surface area (TPSA) is 114 Å². The molecule has 140 valence electrons. The van der Waals surface area contributed by atoms with Crippen LogP contribution in [0.1, 0.15) is 34.1 Å². The molecule has 4 N–H and O–H groups in total. The van der Waals surface area contributed by atoms with Crippen molar-refractivity contribution in [3.63, 3.8) is 0 Å². The van der Waals surface area contributed by atoms with Crippen molar-refractivity contribution in [1.29, 1.82) is 0 Å². The summed E-state index contributed by atoms with van der Waals surface area (Å²) in [5, 5.41) is 4.06. The lowest BCUT2D eigenvalue weighted by molar-refractivity contribution is -0.115. The molecule has 0 bridgehead atoms. The first kappa shape index (κ1) is 18.3. The van der Waals surface area contributed by atoms with E-state index in [0.29, 0.717) is 31.9 Å². The lowest BCUT2D eigenvalue weighted by Crippen LogP contribution is -2.24. The highest BCUT2D eigenvalue weighted by Gasteiger charge is 2.27. The van der Waals surface area contributed by atoms with Gasteiger partial charge in [0.1, 0.15) is 5.00 Å². The number of hydrogen-bond donors (Lipinski definition) is 3. The number of halogens is 1. The number of aryl methyl sites for hydroxylation is 1. The molecule has 0 spiro atoms. The third-order valence-corrected chi connectivity index (χ3v) is 6.74. The smallest absolute Gasteiger partial charge is 0.251 e. The number of nitrogens with two attached hydrogens (primary N) is 1. The minimum absolute atomic E-state index is 0.214. The Kier molecular flexibility index (Phi) is 4.83. The molecule has 1 atom stereocenters. The van der Waals surface area contributed by atoms with Crippen LogP contribution in [-0.4, -0.2) is 32.0 Å². The number of pyridine rings is 1. The standard InChI is InChI=1S/C17H16ClN5O2S2/c1-7(26-17-21-10-5-8(18)6-20-14(10)22-17)15(25)23-16-12(13(19)24)9-3-2-4-11(9)27-16/h5-7H,2-4H2,1H3,(H2,19,24)(H,23,25)(H,20,21,22)/t7-/m0/s1. The molecule has 0 fully saturated rings. The number of nitrogens with one attached hydrogen (secondary N) is 2. The number of nitrogens with zero attached hydrogens (tertiary/aromatic N) is 2. The Bertz CT molecular complexity index is 1060. The highest BCUT2D eigenvalue weighted by molar-refractivity contribution is 8.00. The molecule has 0 aromatic carbocycles. The van der Waals surface area contributed by atoms with Crippen molar-refractivity contribution < 1.29 is 9.59 Å². The van der Waals surface area contributed by atoms with E-state index in [1.807, 2.05) is 0 Å². The van der Waals surface area contributed by atoms with Crippen LogP contribution in [0.3, 0.4) is 0 Å². The normalized spacial score (nSPS) is 14.3. The van der Waals surface area contributed by atoms with Crippen molar-refractivity contribution >= 4 is 62.7 Å². The van der Waals surface area contributed by atoms with Gasteiger partial charge < -0.3 is 16.0 Å². The third kappa shape index (κ3) is 3.54. The largest absolute Gasteiger partial charge is 0.365 e. The second kappa shape index (κ2) is 7.14. The van der Waals surface area contributed by atoms with Gasteiger partial charge in [0.25, 0.3) is 5.91 Å². The number of carbonyl (C=O) groups is 2. The fourth-order valence-electron chi connectivity index (χ4n) is 3.10. The Hall–Kier alpha value is -2.10. The maximum Gasteiger partial charge on any atom is 0.251 e. The van der Waals surface area contributed by atoms with Gasteiger partial charge in [0, 0.05) is 11.1 Å². The first-order chi connectivity index (χ1) is 12.9. The van der Waals surface area contributed by atoms with E-state index in [0.717, 1.165) is 29.7 Å². The van der Waals surface area contributed by atoms with Crippen molar-refractivity contribution in [3.05, 3.63) is 33.3 Å². The van der Waals surface area contributed by atoms with Gasteiger partial charge in [0.2, 0.25) is 5.91 Å². The van der Waals surface area contributed by atoms with Crippen molar-refractivity contribution in [1.82, 2.24) is 15.0 Å². The number of primary amides is 1. The molecule has 0 saturated carbocycles. The van der Waals surface area contributed by atoms with Crippen LogP contribution < -0.4 is 11.1 Å². The SMILES string of the molecule is C[C@H](Sc1nc2ncc(Cl)cc2[nH]1)C(=O)Nc1sc2c(c1C(N)=O)CCC2. The average Bonchev–Trinajstić information content (AvgIpc) is 3.27. The Morgan fingerprint density at radius 1 is 1.44 bits per heavy atom. The van der Waals surface area contributed by atoms with Crippen LogP contribution in [-0.2, 0) is 17.6 Å². The number of amides is 2. The number of anilines is 1. The second-order valence-electron chi connectivity index (χ2n) is 6.24. The summed E-state index contributed by atoms with van der Waals surface area (Å²) in [5.74, 6) is -0.709. The fourth-order valence-corrected chi connectivity index (χ4v) is 5.36. The van der Waals surface area contributed by atoms with E-state index < -0.39 is 11.2 Å². The molecule has 1 aliphatic rings. The molecule has 0 saturated heterocycles. The monoisotopic (exact) mass is 421 g/mol. The minimum Gasteiger partial charge on any atom is -0.365 e. The number of carbonyl (C=O) groups excluding carboxylic acids is 2. The number of hydrogen-bond acceptors (Lipinski definition) is 6. The van der Waals surface area contributed by atoms with Crippen molar-refractivity contribution in [2.45, 2.75) is 36.6 Å². The van der Waals surface area contributed by atoms with E-state index >= 15 is 0 Å². The number of fused-ring (bicyclic) bond motifs is 2. The van der Waals surface area contributed by atoms with Gasteiger partial charge >= 0.3 is 0 Å². The van der Waals surface area contributed by atoms with Crippen LogP contribution in [0.15, 0.2) is 17.4 Å². The Morgan fingerprint density at radius 2 is 2.26 bits per heavy atom. The second-order valence-corrected chi connectivity index (χ2v) is 9.11. The Balaban J connectivity index is 1.50. The molecule has 27 heavy (non-hydrogen) atoms. The molecule has 0 unspecified atom stereocenters. The number of rotatable bonds is 5. The summed E-state index contributed by atoms with van der Waals surface area (Å²) in [6, 6.07) is 1.73. The fraction of sp³-hybridized carbons (Fsp3) is 0.294. The average molecular weight is 422 g/mol. The van der Waals surface area contributed by atoms with Crippen LogP contribution in [0.4, 0.5) is 5.00 Å². The van der Waals surface area contributed by atoms with Crippen molar-refractivity contribution in [2.75, 3.05) is 5.32 Å². The molecule has 7 nitrogen and oxygen atoms in total. The van der Waals surface area contributed by atoms with Crippen LogP contribution in [0.25, 0.3) is 11.2 Å². The van der Waals surface area contributed by atoms with E-state index in [4.69, 9.17) is 17.3 Å². The molecule has 4 rings (SSSR count). The summed E-state index contributed by atoms with van der Waals surface area (Å²) in [6.45, 7) is 1.78. The van der Waals surface area contributed by atoms with E-state index in [-0.39, 0.29) is 5.91 Å². The minimum atomic E-state index is -0.495. The van der Waals surface area contributed by atoms with Crippen molar-refractivity contribution in [3.8, 4) is 0 Å². The Morgan fingerprint density at radius 3 is 3.04 bits per heavy atom. The summed E-state index contributed by atoms with van der Waals surface area (Å²) >= 11 is 8.65. The molecular weight excluding hydrogens is 406 g/mol. The summed E-state index contributed by atoms with van der Waals surface area (Å²) in [4.78, 5) is 37.2. The van der Waals surface area contributed by atoms with Crippen LogP contribution in [0.2, 0.25) is 5.02 Å². The summed E-state index contributed by atoms with van der Waals surface area (Å²) < 4.78 is 0. The van der Waals surface area contributed by atoms with E-state index in [2.05, 4.69) is 20.3 Å². The zero-order valence-corrected chi connectivity index (χ0v) is 16.7. The maximum absolute atomic E-state index is 12.6. The lowest BCUT2D eigenvalue weighted by Gasteiger charge is -2.10. The number of thiophene rings is 1. The van der Waals surface area contributed by atoms with Gasteiger partial charge in [-0.05, 0) is 37.8 Å². The molecular formula is C17H16ClN5O2S2. The predicted molar refractivity (Wildman–Crippen MR) is 108 cm³/mol. The lowest BCUT2D eigenvalue weighted by atomic mass is 10.1. The van der Waals surface area contributed by atoms with Gasteiger partial charge in [0.15, 0.2) is 10.8 Å². The summed E-state index contributed by atoms with van der Waals surface area (Å²) in [6.07, 6.45) is 4.30. The van der Waals surface area contributed by atoms with Crippen LogP contribution >= 0.6 is 34.7 Å². The van der Waals surface area contributed by atoms with E-state index in [1.54, 1.807) is 13.0 Å². The molecule has 2 amide bonds. The predicted octanol–water partition coefficient (Wildman–Crippen LogP) is 3.38. The summed E-state index contributed by atoms with van der Waals surface area (Å²) in [5.41, 5.74) is 8.24. The molecule has 3 aromatic rings. The van der Waals surface area contributed by atoms with E-state index in [9.17, 15) is 9.59 Å².